The molecule has 0 amide bonds. The third kappa shape index (κ3) is 4.14. The van der Waals surface area contributed by atoms with Gasteiger partial charge < -0.3 is 9.26 Å². The van der Waals surface area contributed by atoms with Crippen molar-refractivity contribution in [3.8, 4) is 0 Å². The summed E-state index contributed by atoms with van der Waals surface area (Å²) in [6.45, 7) is 3.77. The molecule has 0 aliphatic carbocycles. The summed E-state index contributed by atoms with van der Waals surface area (Å²) in [7, 11) is 0. The molecule has 1 aromatic carbocycles. The molecule has 2 aromatic rings. The molecule has 21 heavy (non-hydrogen) atoms. The molecule has 0 spiro atoms. The second-order valence-corrected chi connectivity index (χ2v) is 5.55. The Bertz CT molecular complexity index is 635. The van der Waals surface area contributed by atoms with Crippen molar-refractivity contribution in [3.05, 3.63) is 51.1 Å². The molecular formula is C15H15BrFNO3. The first-order valence-electron chi connectivity index (χ1n) is 6.48. The van der Waals surface area contributed by atoms with Gasteiger partial charge in [-0.2, -0.15) is 0 Å². The zero-order valence-corrected chi connectivity index (χ0v) is 13.4. The van der Waals surface area contributed by atoms with E-state index in [1.54, 1.807) is 6.07 Å². The van der Waals surface area contributed by atoms with Gasteiger partial charge in [-0.3, -0.25) is 4.79 Å². The normalized spacial score (nSPS) is 10.7. The SMILES string of the molecule is Cc1noc(C)c1CCC(=O)OCc1ccc(F)cc1Br. The van der Waals surface area contributed by atoms with Crippen LogP contribution in [0.1, 0.15) is 29.0 Å². The van der Waals surface area contributed by atoms with E-state index in [2.05, 4.69) is 21.1 Å². The minimum Gasteiger partial charge on any atom is -0.461 e. The maximum Gasteiger partial charge on any atom is 0.306 e. The number of aryl methyl sites for hydroxylation is 2. The molecule has 6 heteroatoms. The molecule has 0 atom stereocenters. The van der Waals surface area contributed by atoms with E-state index in [1.807, 2.05) is 13.8 Å². The highest BCUT2D eigenvalue weighted by Crippen LogP contribution is 2.19. The first kappa shape index (κ1) is 15.7. The van der Waals surface area contributed by atoms with Crippen LogP contribution in [0.15, 0.2) is 27.2 Å². The molecule has 112 valence electrons. The van der Waals surface area contributed by atoms with E-state index in [0.717, 1.165) is 22.6 Å². The van der Waals surface area contributed by atoms with Gasteiger partial charge in [0, 0.05) is 22.0 Å². The lowest BCUT2D eigenvalue weighted by molar-refractivity contribution is -0.144. The molecule has 0 saturated heterocycles. The minimum absolute atomic E-state index is 0.112. The van der Waals surface area contributed by atoms with Gasteiger partial charge in [0.15, 0.2) is 0 Å². The van der Waals surface area contributed by atoms with Crippen molar-refractivity contribution in [1.29, 1.82) is 0 Å². The average Bonchev–Trinajstić information content (AvgIpc) is 2.75. The Kier molecular flexibility index (Phi) is 5.12. The van der Waals surface area contributed by atoms with E-state index >= 15 is 0 Å². The van der Waals surface area contributed by atoms with E-state index in [0.29, 0.717) is 10.9 Å². The summed E-state index contributed by atoms with van der Waals surface area (Å²) >= 11 is 3.23. The third-order valence-corrected chi connectivity index (χ3v) is 3.90. The zero-order chi connectivity index (χ0) is 15.4. The fourth-order valence-electron chi connectivity index (χ4n) is 1.96. The lowest BCUT2D eigenvalue weighted by Gasteiger charge is -2.07. The van der Waals surface area contributed by atoms with Crippen LogP contribution in [0.5, 0.6) is 0 Å². The molecular weight excluding hydrogens is 341 g/mol. The highest BCUT2D eigenvalue weighted by Gasteiger charge is 2.12. The number of ether oxygens (including phenoxy) is 1. The van der Waals surface area contributed by atoms with Gasteiger partial charge in [0.1, 0.15) is 18.2 Å². The molecule has 0 unspecified atom stereocenters. The Morgan fingerprint density at radius 3 is 2.81 bits per heavy atom. The maximum absolute atomic E-state index is 12.9. The monoisotopic (exact) mass is 355 g/mol. The van der Waals surface area contributed by atoms with E-state index in [-0.39, 0.29) is 24.8 Å². The minimum atomic E-state index is -0.338. The lowest BCUT2D eigenvalue weighted by atomic mass is 10.1. The van der Waals surface area contributed by atoms with Crippen LogP contribution in [0.2, 0.25) is 0 Å². The van der Waals surface area contributed by atoms with Crippen molar-refractivity contribution in [2.75, 3.05) is 0 Å². The van der Waals surface area contributed by atoms with Crippen LogP contribution < -0.4 is 0 Å². The summed E-state index contributed by atoms with van der Waals surface area (Å²) in [6, 6.07) is 4.26. The van der Waals surface area contributed by atoms with Crippen LogP contribution in [-0.2, 0) is 22.6 Å². The van der Waals surface area contributed by atoms with Crippen molar-refractivity contribution in [1.82, 2.24) is 5.16 Å². The predicted molar refractivity (Wildman–Crippen MR) is 78.2 cm³/mol. The number of hydrogen-bond donors (Lipinski definition) is 0. The second-order valence-electron chi connectivity index (χ2n) is 4.70. The van der Waals surface area contributed by atoms with Crippen molar-refractivity contribution in [2.45, 2.75) is 33.3 Å². The Labute approximate surface area is 130 Å². The van der Waals surface area contributed by atoms with Crippen molar-refractivity contribution >= 4 is 21.9 Å². The number of nitrogens with zero attached hydrogens (tertiary/aromatic N) is 1. The number of benzene rings is 1. The van der Waals surface area contributed by atoms with E-state index in [4.69, 9.17) is 9.26 Å². The number of esters is 1. The molecule has 0 fully saturated rings. The zero-order valence-electron chi connectivity index (χ0n) is 11.8. The molecule has 0 aliphatic rings. The summed E-state index contributed by atoms with van der Waals surface area (Å²) in [4.78, 5) is 11.7. The van der Waals surface area contributed by atoms with Gasteiger partial charge in [-0.05, 0) is 32.4 Å². The molecule has 0 saturated carbocycles. The molecule has 0 radical (unpaired) electrons. The smallest absolute Gasteiger partial charge is 0.306 e. The summed E-state index contributed by atoms with van der Waals surface area (Å²) < 4.78 is 23.8. The van der Waals surface area contributed by atoms with E-state index in [9.17, 15) is 9.18 Å². The van der Waals surface area contributed by atoms with Gasteiger partial charge in [0.05, 0.1) is 5.69 Å². The largest absolute Gasteiger partial charge is 0.461 e. The highest BCUT2D eigenvalue weighted by molar-refractivity contribution is 9.10. The Morgan fingerprint density at radius 2 is 2.19 bits per heavy atom. The van der Waals surface area contributed by atoms with Crippen molar-refractivity contribution in [3.63, 3.8) is 0 Å². The van der Waals surface area contributed by atoms with Crippen LogP contribution in [0.4, 0.5) is 4.39 Å². The first-order chi connectivity index (χ1) is 9.97. The molecule has 1 heterocycles. The maximum atomic E-state index is 12.9. The summed E-state index contributed by atoms with van der Waals surface area (Å²) in [5.74, 6) is 0.0724. The number of carbonyl (C=O) groups is 1. The van der Waals surface area contributed by atoms with Crippen LogP contribution >= 0.6 is 15.9 Å². The van der Waals surface area contributed by atoms with Gasteiger partial charge in [0.2, 0.25) is 0 Å². The topological polar surface area (TPSA) is 52.3 Å². The highest BCUT2D eigenvalue weighted by atomic mass is 79.9. The lowest BCUT2D eigenvalue weighted by Crippen LogP contribution is -2.07. The first-order valence-corrected chi connectivity index (χ1v) is 7.28. The Morgan fingerprint density at radius 1 is 1.43 bits per heavy atom. The average molecular weight is 356 g/mol. The van der Waals surface area contributed by atoms with Gasteiger partial charge in [-0.25, -0.2) is 4.39 Å². The third-order valence-electron chi connectivity index (χ3n) is 3.16. The Balaban J connectivity index is 1.85. The van der Waals surface area contributed by atoms with Gasteiger partial charge in [-0.15, -0.1) is 0 Å². The molecule has 4 nitrogen and oxygen atoms in total. The van der Waals surface area contributed by atoms with Crippen LogP contribution in [0.3, 0.4) is 0 Å². The van der Waals surface area contributed by atoms with Crippen molar-refractivity contribution in [2.24, 2.45) is 0 Å². The standard InChI is InChI=1S/C15H15BrFNO3/c1-9-13(10(2)21-18-9)5-6-15(19)20-8-11-3-4-12(17)7-14(11)16/h3-4,7H,5-6,8H2,1-2H3. The molecule has 0 aliphatic heterocycles. The number of halogens is 2. The van der Waals surface area contributed by atoms with Crippen LogP contribution in [0.25, 0.3) is 0 Å². The quantitative estimate of drug-likeness (QED) is 0.764. The van der Waals surface area contributed by atoms with Crippen molar-refractivity contribution < 1.29 is 18.4 Å². The second kappa shape index (κ2) is 6.85. The molecule has 2 rings (SSSR count). The fraction of sp³-hybridized carbons (Fsp3) is 0.333. The molecule has 0 bridgehead atoms. The van der Waals surface area contributed by atoms with E-state index in [1.165, 1.54) is 12.1 Å². The predicted octanol–water partition coefficient (Wildman–Crippen LogP) is 3.87. The summed E-state index contributed by atoms with van der Waals surface area (Å²) in [5.41, 5.74) is 2.46. The molecule has 0 N–H and O–H groups in total. The summed E-state index contributed by atoms with van der Waals surface area (Å²) in [5, 5.41) is 3.84. The van der Waals surface area contributed by atoms with Crippen LogP contribution in [0, 0.1) is 19.7 Å². The molecule has 1 aromatic heterocycles. The van der Waals surface area contributed by atoms with Gasteiger partial charge >= 0.3 is 5.97 Å². The van der Waals surface area contributed by atoms with Crippen LogP contribution in [-0.4, -0.2) is 11.1 Å². The summed E-state index contributed by atoms with van der Waals surface area (Å²) in [6.07, 6.45) is 0.784. The fourth-order valence-corrected chi connectivity index (χ4v) is 2.42. The van der Waals surface area contributed by atoms with E-state index < -0.39 is 0 Å². The number of rotatable bonds is 5. The number of hydrogen-bond acceptors (Lipinski definition) is 4. The van der Waals surface area contributed by atoms with Gasteiger partial charge in [0.25, 0.3) is 0 Å². The van der Waals surface area contributed by atoms with Gasteiger partial charge in [-0.1, -0.05) is 27.2 Å². The Hall–Kier alpha value is -1.69. The number of aromatic nitrogens is 1. The number of carbonyl (C=O) groups excluding carboxylic acids is 1.